The van der Waals surface area contributed by atoms with Gasteiger partial charge in [-0.3, -0.25) is 9.59 Å². The van der Waals surface area contributed by atoms with Crippen molar-refractivity contribution >= 4 is 50.4 Å². The summed E-state index contributed by atoms with van der Waals surface area (Å²) in [6.45, 7) is 1.86. The van der Waals surface area contributed by atoms with E-state index in [-0.39, 0.29) is 34.2 Å². The third-order valence-electron chi connectivity index (χ3n) is 4.58. The third kappa shape index (κ3) is 5.67. The Balaban J connectivity index is 1.57. The van der Waals surface area contributed by atoms with Crippen LogP contribution in [0.25, 0.3) is 11.1 Å². The predicted molar refractivity (Wildman–Crippen MR) is 123 cm³/mol. The number of nitrogens with one attached hydrogen (secondary N) is 1. The van der Waals surface area contributed by atoms with Gasteiger partial charge in [0.15, 0.2) is 5.58 Å². The Morgan fingerprint density at radius 1 is 1.09 bits per heavy atom. The molecule has 0 aliphatic carbocycles. The van der Waals surface area contributed by atoms with Crippen molar-refractivity contribution in [3.05, 3.63) is 48.0 Å². The van der Waals surface area contributed by atoms with Crippen LogP contribution in [0.5, 0.6) is 0 Å². The first-order valence-electron chi connectivity index (χ1n) is 9.62. The largest absolute Gasteiger partial charge is 0.431 e. The van der Waals surface area contributed by atoms with Gasteiger partial charge in [-0.05, 0) is 37.3 Å². The smallest absolute Gasteiger partial charge is 0.257 e. The van der Waals surface area contributed by atoms with Gasteiger partial charge in [0, 0.05) is 26.8 Å². The van der Waals surface area contributed by atoms with Crippen LogP contribution in [0, 0.1) is 6.92 Å². The number of likely N-dealkylation sites (N-methyl/N-ethyl adjacent to an activating group) is 1. The fourth-order valence-electron chi connectivity index (χ4n) is 2.69. The Bertz CT molecular complexity index is 1240. The molecular formula is C21H24N4O5S2. The van der Waals surface area contributed by atoms with E-state index in [1.807, 2.05) is 19.1 Å². The molecule has 0 aliphatic heterocycles. The van der Waals surface area contributed by atoms with Crippen molar-refractivity contribution in [3.63, 3.8) is 0 Å². The molecule has 0 bridgehead atoms. The van der Waals surface area contributed by atoms with Crippen LogP contribution in [0.3, 0.4) is 0 Å². The van der Waals surface area contributed by atoms with Gasteiger partial charge in [0.1, 0.15) is 5.52 Å². The van der Waals surface area contributed by atoms with Gasteiger partial charge >= 0.3 is 0 Å². The first-order chi connectivity index (χ1) is 15.1. The molecule has 0 atom stereocenters. The molecule has 0 aliphatic rings. The summed E-state index contributed by atoms with van der Waals surface area (Å²) < 4.78 is 31.2. The minimum atomic E-state index is -3.59. The molecule has 0 fully saturated rings. The van der Waals surface area contributed by atoms with Gasteiger partial charge in [-0.2, -0.15) is 0 Å². The van der Waals surface area contributed by atoms with Crippen molar-refractivity contribution < 1.29 is 22.4 Å². The van der Waals surface area contributed by atoms with Crippen LogP contribution >= 0.6 is 11.8 Å². The van der Waals surface area contributed by atoms with E-state index in [1.54, 1.807) is 19.2 Å². The number of hydrogen-bond donors (Lipinski definition) is 1. The molecule has 0 saturated heterocycles. The zero-order valence-electron chi connectivity index (χ0n) is 18.2. The summed E-state index contributed by atoms with van der Waals surface area (Å²) >= 11 is 1.07. The number of hydrogen-bond acceptors (Lipinski definition) is 7. The number of aromatic nitrogens is 1. The number of carbonyl (C=O) groups is 2. The number of fused-ring (bicyclic) bond motifs is 1. The highest BCUT2D eigenvalue weighted by molar-refractivity contribution is 7.99. The Labute approximate surface area is 190 Å². The summed E-state index contributed by atoms with van der Waals surface area (Å²) in [4.78, 5) is 30.3. The van der Waals surface area contributed by atoms with E-state index < -0.39 is 10.0 Å². The molecule has 3 rings (SSSR count). The van der Waals surface area contributed by atoms with Crippen molar-refractivity contribution in [2.75, 3.05) is 38.8 Å². The van der Waals surface area contributed by atoms with Gasteiger partial charge < -0.3 is 14.6 Å². The highest BCUT2D eigenvalue weighted by Crippen LogP contribution is 2.26. The summed E-state index contributed by atoms with van der Waals surface area (Å²) in [6, 6.07) is 11.8. The Kier molecular flexibility index (Phi) is 7.22. The fraction of sp³-hybridized carbons (Fsp3) is 0.286. The molecule has 0 unspecified atom stereocenters. The molecule has 1 aromatic heterocycles. The van der Waals surface area contributed by atoms with E-state index in [0.29, 0.717) is 16.8 Å². The highest BCUT2D eigenvalue weighted by atomic mass is 32.2. The highest BCUT2D eigenvalue weighted by Gasteiger charge is 2.20. The van der Waals surface area contributed by atoms with E-state index >= 15 is 0 Å². The van der Waals surface area contributed by atoms with Gasteiger partial charge in [0.2, 0.25) is 21.8 Å². The number of oxazole rings is 1. The molecule has 11 heteroatoms. The van der Waals surface area contributed by atoms with Crippen LogP contribution in [0.2, 0.25) is 0 Å². The summed E-state index contributed by atoms with van der Waals surface area (Å²) in [5.74, 6) is -0.553. The maximum absolute atomic E-state index is 12.4. The molecule has 170 valence electrons. The predicted octanol–water partition coefficient (Wildman–Crippen LogP) is 2.58. The molecular weight excluding hydrogens is 452 g/mol. The quantitative estimate of drug-likeness (QED) is 0.497. The van der Waals surface area contributed by atoms with Crippen molar-refractivity contribution in [2.45, 2.75) is 17.0 Å². The summed E-state index contributed by atoms with van der Waals surface area (Å²) in [6.07, 6.45) is 0. The Morgan fingerprint density at radius 2 is 1.78 bits per heavy atom. The number of rotatable bonds is 8. The maximum atomic E-state index is 12.4. The monoisotopic (exact) mass is 476 g/mol. The van der Waals surface area contributed by atoms with Crippen LogP contribution in [0.15, 0.2) is 57.0 Å². The lowest BCUT2D eigenvalue weighted by Crippen LogP contribution is -2.35. The van der Waals surface area contributed by atoms with E-state index in [1.165, 1.54) is 37.2 Å². The van der Waals surface area contributed by atoms with Gasteiger partial charge in [0.05, 0.1) is 17.2 Å². The van der Waals surface area contributed by atoms with Crippen molar-refractivity contribution in [1.29, 1.82) is 0 Å². The number of sulfonamides is 1. The Hall–Kier alpha value is -2.89. The summed E-state index contributed by atoms with van der Waals surface area (Å²) in [5.41, 5.74) is 2.55. The molecule has 3 aromatic rings. The molecule has 32 heavy (non-hydrogen) atoms. The van der Waals surface area contributed by atoms with Crippen molar-refractivity contribution in [1.82, 2.24) is 14.2 Å². The first kappa shape index (κ1) is 23.8. The fourth-order valence-corrected chi connectivity index (χ4v) is 4.39. The SMILES string of the molecule is Cc1ccc(NC(=O)CN(C)C(=O)CSc2nc3cc(S(=O)(=O)N(C)C)ccc3o2)cc1. The zero-order valence-corrected chi connectivity index (χ0v) is 19.8. The second kappa shape index (κ2) is 9.72. The van der Waals surface area contributed by atoms with Crippen LogP contribution in [-0.4, -0.2) is 67.9 Å². The van der Waals surface area contributed by atoms with Gasteiger partial charge in [-0.1, -0.05) is 29.5 Å². The van der Waals surface area contributed by atoms with E-state index in [2.05, 4.69) is 10.3 Å². The standard InChI is InChI=1S/C21H24N4O5S2/c1-14-5-7-15(8-6-14)22-19(26)12-25(4)20(27)13-31-21-23-17-11-16(9-10-18(17)30-21)32(28,29)24(2)3/h5-11H,12-13H2,1-4H3,(H,22,26). The maximum Gasteiger partial charge on any atom is 0.257 e. The number of anilines is 1. The number of thioether (sulfide) groups is 1. The van der Waals surface area contributed by atoms with E-state index in [4.69, 9.17) is 4.42 Å². The number of aryl methyl sites for hydroxylation is 1. The number of nitrogens with zero attached hydrogens (tertiary/aromatic N) is 3. The molecule has 0 spiro atoms. The van der Waals surface area contributed by atoms with Crippen LogP contribution in [0.4, 0.5) is 5.69 Å². The minimum Gasteiger partial charge on any atom is -0.431 e. The third-order valence-corrected chi connectivity index (χ3v) is 7.20. The van der Waals surface area contributed by atoms with Crippen molar-refractivity contribution in [2.24, 2.45) is 0 Å². The number of benzene rings is 2. The molecule has 0 radical (unpaired) electrons. The lowest BCUT2D eigenvalue weighted by atomic mass is 10.2. The second-order valence-corrected chi connectivity index (χ2v) is 10.4. The lowest BCUT2D eigenvalue weighted by molar-refractivity contribution is -0.131. The first-order valence-corrected chi connectivity index (χ1v) is 12.1. The van der Waals surface area contributed by atoms with Crippen LogP contribution in [0.1, 0.15) is 5.56 Å². The van der Waals surface area contributed by atoms with E-state index in [0.717, 1.165) is 21.6 Å². The lowest BCUT2D eigenvalue weighted by Gasteiger charge is -2.16. The molecule has 1 heterocycles. The normalized spacial score (nSPS) is 11.7. The minimum absolute atomic E-state index is 0.0178. The number of amides is 2. The molecule has 1 N–H and O–H groups in total. The Morgan fingerprint density at radius 3 is 2.44 bits per heavy atom. The average Bonchev–Trinajstić information content (AvgIpc) is 3.15. The zero-order chi connectivity index (χ0) is 23.5. The summed E-state index contributed by atoms with van der Waals surface area (Å²) in [7, 11) is 0.860. The number of carbonyl (C=O) groups excluding carboxylic acids is 2. The van der Waals surface area contributed by atoms with Crippen LogP contribution < -0.4 is 5.32 Å². The topological polar surface area (TPSA) is 113 Å². The van der Waals surface area contributed by atoms with Gasteiger partial charge in [0.25, 0.3) is 5.22 Å². The molecule has 0 saturated carbocycles. The van der Waals surface area contributed by atoms with E-state index in [9.17, 15) is 18.0 Å². The van der Waals surface area contributed by atoms with Crippen molar-refractivity contribution in [3.8, 4) is 0 Å². The molecule has 2 amide bonds. The molecule has 2 aromatic carbocycles. The average molecular weight is 477 g/mol. The second-order valence-electron chi connectivity index (χ2n) is 7.35. The molecule has 9 nitrogen and oxygen atoms in total. The van der Waals surface area contributed by atoms with Crippen LogP contribution in [-0.2, 0) is 19.6 Å². The van der Waals surface area contributed by atoms with Gasteiger partial charge in [-0.15, -0.1) is 0 Å². The summed E-state index contributed by atoms with van der Waals surface area (Å²) in [5, 5.41) is 2.99. The van der Waals surface area contributed by atoms with Gasteiger partial charge in [-0.25, -0.2) is 17.7 Å².